The Morgan fingerprint density at radius 3 is 2.74 bits per heavy atom. The fourth-order valence-corrected chi connectivity index (χ4v) is 4.78. The van der Waals surface area contributed by atoms with E-state index in [0.717, 1.165) is 30.7 Å². The lowest BCUT2D eigenvalue weighted by Crippen LogP contribution is -2.36. The Morgan fingerprint density at radius 1 is 1.26 bits per heavy atom. The highest BCUT2D eigenvalue weighted by Gasteiger charge is 2.50. The summed E-state index contributed by atoms with van der Waals surface area (Å²) in [5.41, 5.74) is 1.55. The molecule has 2 aliphatic rings. The molecule has 124 valence electrons. The van der Waals surface area contributed by atoms with Crippen LogP contribution < -0.4 is 4.74 Å². The molecule has 3 nitrogen and oxygen atoms in total. The number of ether oxygens (including phenoxy) is 1. The molecule has 1 amide bonds. The molecule has 0 unspecified atom stereocenters. The van der Waals surface area contributed by atoms with Crippen molar-refractivity contribution in [1.82, 2.24) is 4.90 Å². The largest absolute Gasteiger partial charge is 0.496 e. The molecule has 1 aromatic carbocycles. The second-order valence-electron chi connectivity index (χ2n) is 8.26. The monoisotopic (exact) mass is 313 g/mol. The minimum absolute atomic E-state index is 0.127. The summed E-state index contributed by atoms with van der Waals surface area (Å²) in [7, 11) is 1.65. The standard InChI is InChI=1S/C20H27NO2/c1-19(2)11-16-12-20(3,13-19)14-21(16)18(22)10-9-15-7-5-6-8-17(15)23-4/h5-10,16H,11-14H2,1-4H3/t16-,20-/m1/s1. The van der Waals surface area contributed by atoms with Crippen LogP contribution in [0.15, 0.2) is 30.3 Å². The number of rotatable bonds is 3. The molecule has 1 saturated carbocycles. The van der Waals surface area contributed by atoms with Crippen molar-refractivity contribution in [1.29, 1.82) is 0 Å². The van der Waals surface area contributed by atoms with Crippen LogP contribution in [-0.2, 0) is 4.79 Å². The fraction of sp³-hybridized carbons (Fsp3) is 0.550. The number of carbonyl (C=O) groups excluding carboxylic acids is 1. The molecule has 1 heterocycles. The first kappa shape index (κ1) is 16.1. The number of fused-ring (bicyclic) bond motifs is 2. The van der Waals surface area contributed by atoms with Gasteiger partial charge >= 0.3 is 0 Å². The number of para-hydroxylation sites is 1. The van der Waals surface area contributed by atoms with Crippen molar-refractivity contribution in [2.75, 3.05) is 13.7 Å². The van der Waals surface area contributed by atoms with Gasteiger partial charge in [-0.05, 0) is 42.2 Å². The average Bonchev–Trinajstić information content (AvgIpc) is 2.74. The number of likely N-dealkylation sites (tertiary alicyclic amines) is 1. The lowest BCUT2D eigenvalue weighted by Gasteiger charge is -2.39. The lowest BCUT2D eigenvalue weighted by molar-refractivity contribution is -0.127. The molecule has 3 rings (SSSR count). The summed E-state index contributed by atoms with van der Waals surface area (Å²) in [6.07, 6.45) is 7.03. The first-order valence-electron chi connectivity index (χ1n) is 8.44. The van der Waals surface area contributed by atoms with Gasteiger partial charge in [0.25, 0.3) is 0 Å². The normalized spacial score (nSPS) is 29.0. The third kappa shape index (κ3) is 3.29. The molecule has 0 spiro atoms. The summed E-state index contributed by atoms with van der Waals surface area (Å²) in [5, 5.41) is 0. The molecule has 1 saturated heterocycles. The van der Waals surface area contributed by atoms with Crippen molar-refractivity contribution in [3.63, 3.8) is 0 Å². The van der Waals surface area contributed by atoms with Crippen molar-refractivity contribution in [3.8, 4) is 5.75 Å². The zero-order chi connectivity index (χ0) is 16.7. The Kier molecular flexibility index (Phi) is 3.99. The van der Waals surface area contributed by atoms with Crippen LogP contribution in [0.3, 0.4) is 0 Å². The zero-order valence-electron chi connectivity index (χ0n) is 14.6. The van der Waals surface area contributed by atoms with Crippen LogP contribution in [0.4, 0.5) is 0 Å². The van der Waals surface area contributed by atoms with Gasteiger partial charge in [0.15, 0.2) is 0 Å². The number of amides is 1. The summed E-state index contributed by atoms with van der Waals surface area (Å²) in [6.45, 7) is 7.88. The first-order chi connectivity index (χ1) is 10.8. The Bertz CT molecular complexity index is 634. The van der Waals surface area contributed by atoms with Gasteiger partial charge in [-0.3, -0.25) is 4.79 Å². The summed E-state index contributed by atoms with van der Waals surface area (Å²) >= 11 is 0. The van der Waals surface area contributed by atoms with Crippen LogP contribution in [0, 0.1) is 10.8 Å². The van der Waals surface area contributed by atoms with E-state index in [4.69, 9.17) is 4.74 Å². The maximum atomic E-state index is 12.7. The summed E-state index contributed by atoms with van der Waals surface area (Å²) in [5.74, 6) is 0.923. The van der Waals surface area contributed by atoms with Crippen molar-refractivity contribution >= 4 is 12.0 Å². The van der Waals surface area contributed by atoms with Crippen LogP contribution in [0.1, 0.15) is 45.6 Å². The van der Waals surface area contributed by atoms with Gasteiger partial charge in [0.2, 0.25) is 5.91 Å². The van der Waals surface area contributed by atoms with Gasteiger partial charge in [0, 0.05) is 24.2 Å². The topological polar surface area (TPSA) is 29.5 Å². The molecule has 3 heteroatoms. The van der Waals surface area contributed by atoms with Gasteiger partial charge in [0.05, 0.1) is 7.11 Å². The van der Waals surface area contributed by atoms with Crippen molar-refractivity contribution in [2.24, 2.45) is 10.8 Å². The lowest BCUT2D eigenvalue weighted by atomic mass is 9.65. The highest BCUT2D eigenvalue weighted by molar-refractivity contribution is 5.92. The van der Waals surface area contributed by atoms with Crippen molar-refractivity contribution < 1.29 is 9.53 Å². The van der Waals surface area contributed by atoms with E-state index in [1.54, 1.807) is 13.2 Å². The maximum Gasteiger partial charge on any atom is 0.246 e. The Labute approximate surface area is 139 Å². The van der Waals surface area contributed by atoms with Crippen LogP contribution in [0.2, 0.25) is 0 Å². The van der Waals surface area contributed by atoms with E-state index < -0.39 is 0 Å². The van der Waals surface area contributed by atoms with Crippen molar-refractivity contribution in [3.05, 3.63) is 35.9 Å². The van der Waals surface area contributed by atoms with E-state index >= 15 is 0 Å². The Morgan fingerprint density at radius 2 is 2.00 bits per heavy atom. The van der Waals surface area contributed by atoms with Gasteiger partial charge in [0.1, 0.15) is 5.75 Å². The summed E-state index contributed by atoms with van der Waals surface area (Å²) in [4.78, 5) is 14.8. The molecule has 1 aliphatic carbocycles. The molecule has 2 atom stereocenters. The molecule has 0 aromatic heterocycles. The third-order valence-corrected chi connectivity index (χ3v) is 5.24. The number of benzene rings is 1. The molecule has 1 aliphatic heterocycles. The SMILES string of the molecule is COc1ccccc1C=CC(=O)N1C[C@]2(C)C[C@H]1CC(C)(C)C2. The molecule has 1 aromatic rings. The molecule has 0 radical (unpaired) electrons. The predicted octanol–water partition coefficient (Wildman–Crippen LogP) is 4.14. The molecular formula is C20H27NO2. The molecule has 0 N–H and O–H groups in total. The quantitative estimate of drug-likeness (QED) is 0.785. The van der Waals surface area contributed by atoms with E-state index in [0.29, 0.717) is 11.5 Å². The molecule has 2 fully saturated rings. The van der Waals surface area contributed by atoms with Gasteiger partial charge < -0.3 is 9.64 Å². The third-order valence-electron chi connectivity index (χ3n) is 5.24. The van der Waals surface area contributed by atoms with Crippen molar-refractivity contribution in [2.45, 2.75) is 46.1 Å². The average molecular weight is 313 g/mol. The van der Waals surface area contributed by atoms with E-state index in [1.165, 1.54) is 6.42 Å². The summed E-state index contributed by atoms with van der Waals surface area (Å²) < 4.78 is 5.34. The number of nitrogens with zero attached hydrogens (tertiary/aromatic N) is 1. The first-order valence-corrected chi connectivity index (χ1v) is 8.44. The van der Waals surface area contributed by atoms with Crippen LogP contribution in [0.5, 0.6) is 5.75 Å². The fourth-order valence-electron chi connectivity index (χ4n) is 4.78. The van der Waals surface area contributed by atoms with Crippen LogP contribution in [-0.4, -0.2) is 30.5 Å². The maximum absolute atomic E-state index is 12.7. The second kappa shape index (κ2) is 5.70. The molecule has 2 bridgehead atoms. The smallest absolute Gasteiger partial charge is 0.246 e. The van der Waals surface area contributed by atoms with E-state index in [9.17, 15) is 4.79 Å². The number of hydrogen-bond donors (Lipinski definition) is 0. The molecule has 23 heavy (non-hydrogen) atoms. The highest BCUT2D eigenvalue weighted by atomic mass is 16.5. The highest BCUT2D eigenvalue weighted by Crippen LogP contribution is 2.52. The number of carbonyl (C=O) groups is 1. The predicted molar refractivity (Wildman–Crippen MR) is 93.3 cm³/mol. The molecular weight excluding hydrogens is 286 g/mol. The van der Waals surface area contributed by atoms with Crippen LogP contribution in [0.25, 0.3) is 6.08 Å². The second-order valence-corrected chi connectivity index (χ2v) is 8.26. The van der Waals surface area contributed by atoms with E-state index in [-0.39, 0.29) is 11.3 Å². The van der Waals surface area contributed by atoms with Gasteiger partial charge in [-0.25, -0.2) is 0 Å². The Hall–Kier alpha value is -1.77. The van der Waals surface area contributed by atoms with E-state index in [2.05, 4.69) is 25.7 Å². The minimum Gasteiger partial charge on any atom is -0.496 e. The number of methoxy groups -OCH3 is 1. The van der Waals surface area contributed by atoms with Gasteiger partial charge in [-0.1, -0.05) is 39.0 Å². The van der Waals surface area contributed by atoms with Crippen LogP contribution >= 0.6 is 0 Å². The number of hydrogen-bond acceptors (Lipinski definition) is 2. The zero-order valence-corrected chi connectivity index (χ0v) is 14.6. The van der Waals surface area contributed by atoms with E-state index in [1.807, 2.05) is 30.3 Å². The Balaban J connectivity index is 1.76. The van der Waals surface area contributed by atoms with Gasteiger partial charge in [-0.15, -0.1) is 0 Å². The van der Waals surface area contributed by atoms with Gasteiger partial charge in [-0.2, -0.15) is 0 Å². The minimum atomic E-state index is 0.127. The summed E-state index contributed by atoms with van der Waals surface area (Å²) in [6, 6.07) is 8.16.